The standard InChI is InChI=1S/C15H19N3O/c1-3-14(17-9-12-5-7-19-8-6-12)4-2-13(1)15-10-16-11-18-15/h1-4,10-12,17H,5-9H2,(H,16,18). The average Bonchev–Trinajstić information content (AvgIpc) is 3.01. The summed E-state index contributed by atoms with van der Waals surface area (Å²) in [5, 5.41) is 3.51. The van der Waals surface area contributed by atoms with Crippen LogP contribution in [0.25, 0.3) is 11.3 Å². The van der Waals surface area contributed by atoms with Gasteiger partial charge in [-0.2, -0.15) is 0 Å². The third kappa shape index (κ3) is 3.15. The molecule has 4 nitrogen and oxygen atoms in total. The number of ether oxygens (including phenoxy) is 1. The summed E-state index contributed by atoms with van der Waals surface area (Å²) < 4.78 is 5.37. The summed E-state index contributed by atoms with van der Waals surface area (Å²) in [5.41, 5.74) is 3.39. The number of nitrogens with one attached hydrogen (secondary N) is 2. The topological polar surface area (TPSA) is 49.9 Å². The Morgan fingerprint density at radius 2 is 2.00 bits per heavy atom. The highest BCUT2D eigenvalue weighted by atomic mass is 16.5. The van der Waals surface area contributed by atoms with Gasteiger partial charge in [0.15, 0.2) is 0 Å². The first kappa shape index (κ1) is 12.2. The zero-order valence-corrected chi connectivity index (χ0v) is 10.9. The van der Waals surface area contributed by atoms with Gasteiger partial charge < -0.3 is 15.0 Å². The molecule has 1 aromatic carbocycles. The molecule has 2 heterocycles. The fourth-order valence-corrected chi connectivity index (χ4v) is 2.39. The summed E-state index contributed by atoms with van der Waals surface area (Å²) >= 11 is 0. The number of rotatable bonds is 4. The third-order valence-corrected chi connectivity index (χ3v) is 3.63. The molecule has 0 spiro atoms. The van der Waals surface area contributed by atoms with Crippen LogP contribution in [-0.2, 0) is 4.74 Å². The highest BCUT2D eigenvalue weighted by Gasteiger charge is 2.13. The van der Waals surface area contributed by atoms with Gasteiger partial charge in [0, 0.05) is 25.4 Å². The van der Waals surface area contributed by atoms with Gasteiger partial charge in [0.2, 0.25) is 0 Å². The van der Waals surface area contributed by atoms with E-state index in [1.54, 1.807) is 6.33 Å². The molecule has 4 heteroatoms. The summed E-state index contributed by atoms with van der Waals surface area (Å²) in [6.45, 7) is 2.85. The number of benzene rings is 1. The average molecular weight is 257 g/mol. The van der Waals surface area contributed by atoms with Crippen LogP contribution in [-0.4, -0.2) is 29.7 Å². The van der Waals surface area contributed by atoms with Crippen molar-refractivity contribution in [1.82, 2.24) is 9.97 Å². The molecule has 1 saturated heterocycles. The molecule has 0 amide bonds. The van der Waals surface area contributed by atoms with E-state index in [0.717, 1.165) is 36.9 Å². The van der Waals surface area contributed by atoms with Crippen LogP contribution in [0.2, 0.25) is 0 Å². The zero-order chi connectivity index (χ0) is 12.9. The molecule has 1 aromatic heterocycles. The van der Waals surface area contributed by atoms with Gasteiger partial charge in [-0.25, -0.2) is 4.98 Å². The van der Waals surface area contributed by atoms with Crippen LogP contribution >= 0.6 is 0 Å². The smallest absolute Gasteiger partial charge is 0.0924 e. The Morgan fingerprint density at radius 1 is 1.21 bits per heavy atom. The lowest BCUT2D eigenvalue weighted by Gasteiger charge is -2.22. The fourth-order valence-electron chi connectivity index (χ4n) is 2.39. The SMILES string of the molecule is c1ncc(-c2ccc(NCC3CCOCC3)cc2)[nH]1. The molecule has 0 unspecified atom stereocenters. The molecule has 0 atom stereocenters. The predicted molar refractivity (Wildman–Crippen MR) is 76.1 cm³/mol. The molecular weight excluding hydrogens is 238 g/mol. The van der Waals surface area contributed by atoms with Crippen LogP contribution < -0.4 is 5.32 Å². The van der Waals surface area contributed by atoms with Gasteiger partial charge in [-0.15, -0.1) is 0 Å². The third-order valence-electron chi connectivity index (χ3n) is 3.63. The van der Waals surface area contributed by atoms with Crippen LogP contribution in [0.4, 0.5) is 5.69 Å². The monoisotopic (exact) mass is 257 g/mol. The molecule has 2 aromatic rings. The summed E-state index contributed by atoms with van der Waals surface area (Å²) in [4.78, 5) is 7.15. The fraction of sp³-hybridized carbons (Fsp3) is 0.400. The first-order valence-electron chi connectivity index (χ1n) is 6.82. The van der Waals surface area contributed by atoms with Gasteiger partial charge in [-0.3, -0.25) is 0 Å². The molecule has 0 aliphatic carbocycles. The van der Waals surface area contributed by atoms with Crippen LogP contribution in [0.15, 0.2) is 36.8 Å². The molecule has 3 rings (SSSR count). The maximum atomic E-state index is 5.37. The largest absolute Gasteiger partial charge is 0.385 e. The van der Waals surface area contributed by atoms with Crippen molar-refractivity contribution in [3.63, 3.8) is 0 Å². The molecule has 1 aliphatic heterocycles. The normalized spacial score (nSPS) is 16.4. The van der Waals surface area contributed by atoms with Crippen molar-refractivity contribution in [1.29, 1.82) is 0 Å². The van der Waals surface area contributed by atoms with Gasteiger partial charge in [-0.1, -0.05) is 12.1 Å². The number of imidazole rings is 1. The second kappa shape index (κ2) is 5.89. The van der Waals surface area contributed by atoms with E-state index in [0.29, 0.717) is 0 Å². The lowest BCUT2D eigenvalue weighted by Crippen LogP contribution is -2.22. The number of nitrogens with zero attached hydrogens (tertiary/aromatic N) is 1. The Bertz CT molecular complexity index is 487. The molecule has 19 heavy (non-hydrogen) atoms. The Morgan fingerprint density at radius 3 is 2.68 bits per heavy atom. The highest BCUT2D eigenvalue weighted by Crippen LogP contribution is 2.20. The van der Waals surface area contributed by atoms with E-state index in [1.807, 2.05) is 6.20 Å². The lowest BCUT2D eigenvalue weighted by molar-refractivity contribution is 0.0699. The van der Waals surface area contributed by atoms with Crippen LogP contribution in [0.1, 0.15) is 12.8 Å². The molecule has 0 radical (unpaired) electrons. The number of aromatic nitrogens is 2. The van der Waals surface area contributed by atoms with Gasteiger partial charge in [-0.05, 0) is 36.5 Å². The van der Waals surface area contributed by atoms with E-state index in [2.05, 4.69) is 39.6 Å². The zero-order valence-electron chi connectivity index (χ0n) is 10.9. The highest BCUT2D eigenvalue weighted by molar-refractivity contribution is 5.61. The first-order valence-corrected chi connectivity index (χ1v) is 6.82. The Labute approximate surface area is 113 Å². The van der Waals surface area contributed by atoms with Gasteiger partial charge in [0.25, 0.3) is 0 Å². The van der Waals surface area contributed by atoms with Crippen molar-refractivity contribution in [2.45, 2.75) is 12.8 Å². The van der Waals surface area contributed by atoms with E-state index in [4.69, 9.17) is 4.74 Å². The van der Waals surface area contributed by atoms with Crippen molar-refractivity contribution >= 4 is 5.69 Å². The minimum atomic E-state index is 0.737. The first-order chi connectivity index (χ1) is 9.42. The molecule has 1 aliphatic rings. The number of hydrogen-bond donors (Lipinski definition) is 2. The van der Waals surface area contributed by atoms with Crippen LogP contribution in [0.5, 0.6) is 0 Å². The quantitative estimate of drug-likeness (QED) is 0.885. The van der Waals surface area contributed by atoms with Gasteiger partial charge >= 0.3 is 0 Å². The maximum Gasteiger partial charge on any atom is 0.0924 e. The number of anilines is 1. The van der Waals surface area contributed by atoms with E-state index >= 15 is 0 Å². The molecule has 100 valence electrons. The van der Waals surface area contributed by atoms with Gasteiger partial charge in [0.1, 0.15) is 0 Å². The molecule has 1 fully saturated rings. The maximum absolute atomic E-state index is 5.37. The van der Waals surface area contributed by atoms with E-state index in [9.17, 15) is 0 Å². The van der Waals surface area contributed by atoms with Crippen molar-refractivity contribution in [3.8, 4) is 11.3 Å². The second-order valence-electron chi connectivity index (χ2n) is 4.98. The molecular formula is C15H19N3O. The number of H-pyrrole nitrogens is 1. The molecule has 0 bridgehead atoms. The minimum absolute atomic E-state index is 0.737. The van der Waals surface area contributed by atoms with Crippen molar-refractivity contribution in [2.75, 3.05) is 25.1 Å². The van der Waals surface area contributed by atoms with Gasteiger partial charge in [0.05, 0.1) is 18.2 Å². The minimum Gasteiger partial charge on any atom is -0.385 e. The van der Waals surface area contributed by atoms with Crippen molar-refractivity contribution < 1.29 is 4.74 Å². The Hall–Kier alpha value is -1.81. The number of aromatic amines is 1. The summed E-state index contributed by atoms with van der Waals surface area (Å²) in [6.07, 6.45) is 5.87. The summed E-state index contributed by atoms with van der Waals surface area (Å²) in [7, 11) is 0. The van der Waals surface area contributed by atoms with E-state index in [-0.39, 0.29) is 0 Å². The predicted octanol–water partition coefficient (Wildman–Crippen LogP) is 2.92. The summed E-state index contributed by atoms with van der Waals surface area (Å²) in [6, 6.07) is 8.46. The molecule has 2 N–H and O–H groups in total. The lowest BCUT2D eigenvalue weighted by atomic mass is 10.0. The number of hydrogen-bond acceptors (Lipinski definition) is 3. The Balaban J connectivity index is 1.57. The van der Waals surface area contributed by atoms with E-state index < -0.39 is 0 Å². The van der Waals surface area contributed by atoms with Crippen LogP contribution in [0, 0.1) is 5.92 Å². The van der Waals surface area contributed by atoms with E-state index in [1.165, 1.54) is 18.5 Å². The molecule has 0 saturated carbocycles. The second-order valence-corrected chi connectivity index (χ2v) is 4.98. The van der Waals surface area contributed by atoms with Crippen molar-refractivity contribution in [3.05, 3.63) is 36.8 Å². The summed E-state index contributed by atoms with van der Waals surface area (Å²) in [5.74, 6) is 0.737. The van der Waals surface area contributed by atoms with Crippen LogP contribution in [0.3, 0.4) is 0 Å². The Kier molecular flexibility index (Phi) is 3.79. The van der Waals surface area contributed by atoms with Crippen molar-refractivity contribution in [2.24, 2.45) is 5.92 Å².